The van der Waals surface area contributed by atoms with Crippen LogP contribution in [0.15, 0.2) is 0 Å². The van der Waals surface area contributed by atoms with Gasteiger partial charge in [0.2, 0.25) is 0 Å². The van der Waals surface area contributed by atoms with E-state index in [0.717, 1.165) is 273 Å². The van der Waals surface area contributed by atoms with Gasteiger partial charge >= 0.3 is 0 Å². The molecule has 1 rings (SSSR count). The van der Waals surface area contributed by atoms with Gasteiger partial charge in [0.25, 0.3) is 0 Å². The second-order valence-electron chi connectivity index (χ2n) is 20.7. The molecule has 0 bridgehead atoms. The van der Waals surface area contributed by atoms with Gasteiger partial charge in [0.15, 0.2) is 0 Å². The van der Waals surface area contributed by atoms with E-state index in [4.69, 9.17) is 55.3 Å². The smallest absolute Gasteiger partial charge is 0.0557 e. The third kappa shape index (κ3) is 187. The largest absolute Gasteiger partial charge is 0.412 e. The molecule has 1 aliphatic rings. The second-order valence-corrected chi connectivity index (χ2v) is 20.7. The number of hydrogen-bond acceptors (Lipinski definition) is 23. The van der Waals surface area contributed by atoms with Crippen molar-refractivity contribution in [2.45, 2.75) is 103 Å². The van der Waals surface area contributed by atoms with Crippen molar-refractivity contribution in [2.24, 2.45) is 45.9 Å². The summed E-state index contributed by atoms with van der Waals surface area (Å²) in [5, 5.41) is 32.6. The fraction of sp³-hybridized carbons (Fsp3) is 0.864. The van der Waals surface area contributed by atoms with Gasteiger partial charge in [-0.2, -0.15) is 44.9 Å². The maximum absolute atomic E-state index is 5.48. The molecule has 0 aromatic heterocycles. The topological polar surface area (TPSA) is 357 Å². The second kappa shape index (κ2) is 162. The van der Waals surface area contributed by atoms with E-state index in [1.54, 1.807) is 0 Å². The Kier molecular flexibility index (Phi) is 245. The Bertz CT molecular complexity index is 1020. The molecule has 26 N–H and O–H groups in total. The predicted molar refractivity (Wildman–Crippen MR) is 396 cm³/mol. The minimum Gasteiger partial charge on any atom is -0.412 e. The van der Waals surface area contributed by atoms with Crippen LogP contribution >= 0.6 is 0 Å². The van der Waals surface area contributed by atoms with Crippen LogP contribution in [0.4, 0.5) is 0 Å². The van der Waals surface area contributed by atoms with E-state index < -0.39 is 0 Å². The van der Waals surface area contributed by atoms with Crippen LogP contribution in [-0.4, -0.2) is 284 Å². The summed E-state index contributed by atoms with van der Waals surface area (Å²) < 4.78 is 9.74. The number of nitrogens with zero attached hydrogens (tertiary/aromatic N) is 3. The first-order valence-electron chi connectivity index (χ1n) is 34.6. The Morgan fingerprint density at radius 3 is 0.796 bits per heavy atom. The normalized spacial score (nSPS) is 10.7. The molecule has 1 fully saturated rings. The monoisotopic (exact) mass is 2080 g/mol. The van der Waals surface area contributed by atoms with Crippen LogP contribution in [-0.2, 0) is 304 Å². The van der Waals surface area contributed by atoms with Crippen molar-refractivity contribution < 1.29 is 304 Å². The summed E-state index contributed by atoms with van der Waals surface area (Å²) in [5.41, 5.74) is 42.3. The Labute approximate surface area is 838 Å². The zero-order valence-corrected chi connectivity index (χ0v) is 89.8. The van der Waals surface area contributed by atoms with Crippen molar-refractivity contribution in [3.63, 3.8) is 0 Å². The fourth-order valence-corrected chi connectivity index (χ4v) is 6.78. The summed E-state index contributed by atoms with van der Waals surface area (Å²) in [5.74, 6) is 0. The number of nitrogens with one attached hydrogen (secondary N) is 10. The van der Waals surface area contributed by atoms with E-state index in [1.165, 1.54) is 58.4 Å². The minimum absolute atomic E-state index is 0. The van der Waals surface area contributed by atoms with E-state index in [0.29, 0.717) is 26.4 Å². The van der Waals surface area contributed by atoms with E-state index in [-0.39, 0.29) is 294 Å². The fourth-order valence-electron chi connectivity index (χ4n) is 6.78. The number of hydrogen-bond donors (Lipinski definition) is 18. The quantitative estimate of drug-likeness (QED) is 0.0289. The molecule has 0 spiro atoms. The molecular formula is C66H160N21O2Y9-9. The number of likely N-dealkylation sites (N-methyl/N-ethyl adjacent to an activating group) is 1. The zero-order chi connectivity index (χ0) is 68.1. The zero-order valence-electron chi connectivity index (χ0n) is 64.2. The van der Waals surface area contributed by atoms with Gasteiger partial charge in [-0.1, -0.05) is 13.2 Å². The molecule has 577 valence electrons. The van der Waals surface area contributed by atoms with Crippen LogP contribution < -0.4 is 99.0 Å². The number of piperazine rings is 1. The van der Waals surface area contributed by atoms with Crippen LogP contribution in [0.25, 0.3) is 0 Å². The summed E-state index contributed by atoms with van der Waals surface area (Å²) in [6.07, 6.45) is 17.2. The van der Waals surface area contributed by atoms with Gasteiger partial charge in [-0.3, -0.25) is 0 Å². The van der Waals surface area contributed by atoms with Crippen molar-refractivity contribution in [3.8, 4) is 0 Å². The van der Waals surface area contributed by atoms with E-state index in [1.807, 2.05) is 14.1 Å². The van der Waals surface area contributed by atoms with Gasteiger partial charge in [-0.05, 0) is 209 Å². The molecule has 0 atom stereocenters. The van der Waals surface area contributed by atoms with Crippen LogP contribution in [0.3, 0.4) is 0 Å². The maximum atomic E-state index is 5.48. The van der Waals surface area contributed by atoms with Crippen molar-refractivity contribution in [1.29, 1.82) is 0 Å². The molecule has 0 unspecified atom stereocenters. The molecule has 0 amide bonds. The first kappa shape index (κ1) is 148. The number of nitrogens with two attached hydrogens (primary N) is 8. The molecule has 0 saturated carbocycles. The van der Waals surface area contributed by atoms with Gasteiger partial charge in [-0.15, -0.1) is 0 Å². The molecular weight excluding hydrogens is 1920 g/mol. The van der Waals surface area contributed by atoms with Crippen molar-refractivity contribution in [2.75, 3.05) is 270 Å². The van der Waals surface area contributed by atoms with Crippen molar-refractivity contribution in [3.05, 3.63) is 62.3 Å². The molecule has 9 radical (unpaired) electrons. The van der Waals surface area contributed by atoms with Gasteiger partial charge in [0.05, 0.1) is 13.2 Å². The molecule has 98 heavy (non-hydrogen) atoms. The van der Waals surface area contributed by atoms with Crippen molar-refractivity contribution in [1.82, 2.24) is 67.9 Å². The molecule has 1 heterocycles. The number of ether oxygens (including phenoxy) is 2. The van der Waals surface area contributed by atoms with Gasteiger partial charge in [0, 0.05) is 386 Å². The van der Waals surface area contributed by atoms with E-state index >= 15 is 0 Å². The first-order valence-corrected chi connectivity index (χ1v) is 34.6. The summed E-state index contributed by atoms with van der Waals surface area (Å²) in [4.78, 5) is 7.08. The summed E-state index contributed by atoms with van der Waals surface area (Å²) in [6, 6.07) is 0. The van der Waals surface area contributed by atoms with E-state index in [9.17, 15) is 0 Å². The first-order chi connectivity index (χ1) is 43.5. The third-order valence-corrected chi connectivity index (χ3v) is 11.7. The molecule has 0 aromatic carbocycles. The average Bonchev–Trinajstić information content (AvgIpc) is 3.68. The van der Waals surface area contributed by atoms with Gasteiger partial charge < -0.3 is 186 Å². The van der Waals surface area contributed by atoms with Crippen LogP contribution in [0.2, 0.25) is 0 Å². The van der Waals surface area contributed by atoms with Crippen LogP contribution in [0.1, 0.15) is 103 Å². The Balaban J connectivity index is -0.0000000501. The molecule has 0 aromatic rings. The Morgan fingerprint density at radius 1 is 0.265 bits per heavy atom. The SMILES string of the molecule is [CH2-]CCN1CCN(CCCN)CC1.[CH2-]CCNCCCCN.[CH2-]CCNCCCCNCCCN.[CH2-]CCNCCCNCCCN.[CH2-]CCNCCN.[CH2-]CCNCCNCCCN.[CH2-]CCNCCNCCN.[CH2-]COCCN.[CH2-]COCCN(C)C.[Y].[Y].[Y].[Y].[Y].[Y].[Y].[Y].[Y]. The summed E-state index contributed by atoms with van der Waals surface area (Å²) in [6.45, 7) is 70.5. The predicted octanol–water partition coefficient (Wildman–Crippen LogP) is 0.382. The van der Waals surface area contributed by atoms with Crippen LogP contribution in [0, 0.1) is 62.3 Å². The maximum Gasteiger partial charge on any atom is 0.0557 e. The van der Waals surface area contributed by atoms with Crippen LogP contribution in [0.5, 0.6) is 0 Å². The minimum atomic E-state index is 0. The molecule has 23 nitrogen and oxygen atoms in total. The molecule has 1 aliphatic heterocycles. The van der Waals surface area contributed by atoms with E-state index in [2.05, 4.69) is 130 Å². The molecule has 1 saturated heterocycles. The van der Waals surface area contributed by atoms with Crippen molar-refractivity contribution >= 4 is 0 Å². The third-order valence-electron chi connectivity index (χ3n) is 11.7. The van der Waals surface area contributed by atoms with Gasteiger partial charge in [-0.25, -0.2) is 0 Å². The standard InChI is InChI=1S/C10H22N3.C10H24N3.C9H22N3.C8H20N3.C7H18N3.C7H17N2.C6H14NO.C5H13N2.C4H10NO.9Y/c1-2-5-12-7-9-13(10-8-12)6-3-4-11;1-2-7-12-8-3-4-9-13-10-5-6-11;1-2-6-11-8-4-9-12-7-3-5-10;1-2-5-10-7-8-11-6-3-4-9;1-2-4-9-6-7-10-5-3-8;1-2-6-9-7-4-3-5-8;1-4-8-6-5-7(2)3;1-2-4-7-5-3-6;1-2-6-4-3-5;;;;;;;;;/h1-11H2;12-13H,1-11H2;11-12H,1-10H2;10-11H,1-9H2;9-10H,1-8H2;9H,1-8H2;1,4-6H2,2-3H3;7H,1-6H2;1-5H2;;;;;;;;;/q9*-1;;;;;;;;;. The molecule has 32 heteroatoms. The summed E-state index contributed by atoms with van der Waals surface area (Å²) >= 11 is 0. The molecule has 0 aliphatic carbocycles. The van der Waals surface area contributed by atoms with Gasteiger partial charge in [0.1, 0.15) is 0 Å². The number of unbranched alkanes of at least 4 members (excludes halogenated alkanes) is 2. The number of rotatable bonds is 56. The summed E-state index contributed by atoms with van der Waals surface area (Å²) in [7, 11) is 4.04. The Morgan fingerprint density at radius 2 is 0.520 bits per heavy atom. The average molecular weight is 2080 g/mol. The Hall–Kier alpha value is 9.02.